The van der Waals surface area contributed by atoms with Gasteiger partial charge in [-0.05, 0) is 37.6 Å². The van der Waals surface area contributed by atoms with Crippen LogP contribution in [0, 0.1) is 11.3 Å². The van der Waals surface area contributed by atoms with E-state index in [0.717, 1.165) is 17.9 Å². The predicted molar refractivity (Wildman–Crippen MR) is 79.1 cm³/mol. The van der Waals surface area contributed by atoms with Crippen LogP contribution < -0.4 is 10.1 Å². The molecular formula is C16H17N3O. The second-order valence-corrected chi connectivity index (χ2v) is 4.53. The third kappa shape index (κ3) is 3.72. The molecule has 0 aliphatic carbocycles. The summed E-state index contributed by atoms with van der Waals surface area (Å²) in [4.78, 5) is 4.18. The number of hydrogen-bond acceptors (Lipinski definition) is 4. The van der Waals surface area contributed by atoms with Crippen molar-refractivity contribution in [3.05, 3.63) is 48.2 Å². The Morgan fingerprint density at radius 1 is 1.35 bits per heavy atom. The van der Waals surface area contributed by atoms with E-state index in [1.807, 2.05) is 37.3 Å². The van der Waals surface area contributed by atoms with E-state index in [4.69, 9.17) is 10.00 Å². The minimum absolute atomic E-state index is 0.193. The summed E-state index contributed by atoms with van der Waals surface area (Å²) < 4.78 is 5.77. The van der Waals surface area contributed by atoms with Crippen molar-refractivity contribution in [2.45, 2.75) is 26.4 Å². The molecule has 1 unspecified atom stereocenters. The Morgan fingerprint density at radius 2 is 2.20 bits per heavy atom. The van der Waals surface area contributed by atoms with E-state index in [1.165, 1.54) is 0 Å². The summed E-state index contributed by atoms with van der Waals surface area (Å²) in [6.45, 7) is 4.13. The smallest absolute Gasteiger partial charge is 0.130 e. The van der Waals surface area contributed by atoms with Crippen LogP contribution in [0.5, 0.6) is 5.75 Å². The lowest BCUT2D eigenvalue weighted by molar-refractivity contribution is 0.217. The molecule has 0 bridgehead atoms. The van der Waals surface area contributed by atoms with Crippen LogP contribution >= 0.6 is 0 Å². The summed E-state index contributed by atoms with van der Waals surface area (Å²) in [5.41, 5.74) is 1.45. The van der Waals surface area contributed by atoms with Crippen molar-refractivity contribution in [3.8, 4) is 11.8 Å². The van der Waals surface area contributed by atoms with E-state index in [2.05, 4.69) is 17.2 Å². The van der Waals surface area contributed by atoms with E-state index in [9.17, 15) is 0 Å². The maximum absolute atomic E-state index is 8.73. The number of aromatic nitrogens is 1. The van der Waals surface area contributed by atoms with Crippen LogP contribution in [0.15, 0.2) is 42.6 Å². The highest BCUT2D eigenvalue weighted by Gasteiger charge is 2.03. The van der Waals surface area contributed by atoms with Gasteiger partial charge in [-0.1, -0.05) is 13.0 Å². The Hall–Kier alpha value is -2.54. The molecule has 0 amide bonds. The van der Waals surface area contributed by atoms with E-state index < -0.39 is 0 Å². The minimum Gasteiger partial charge on any atom is -0.491 e. The van der Waals surface area contributed by atoms with Crippen LogP contribution in [0.2, 0.25) is 0 Å². The molecule has 1 N–H and O–H groups in total. The molecule has 0 aliphatic rings. The van der Waals surface area contributed by atoms with Crippen molar-refractivity contribution in [3.63, 3.8) is 0 Å². The lowest BCUT2D eigenvalue weighted by Crippen LogP contribution is -2.09. The molecule has 4 heteroatoms. The number of nitriles is 1. The Bertz CT molecular complexity index is 602. The molecule has 0 fully saturated rings. The SMILES string of the molecule is CCC(C)Oc1cccc(Nc2ccc(C#N)cn2)c1. The monoisotopic (exact) mass is 267 g/mol. The second-order valence-electron chi connectivity index (χ2n) is 4.53. The Kier molecular flexibility index (Phi) is 4.56. The van der Waals surface area contributed by atoms with Gasteiger partial charge in [0.15, 0.2) is 0 Å². The topological polar surface area (TPSA) is 57.9 Å². The van der Waals surface area contributed by atoms with Crippen LogP contribution in [0.3, 0.4) is 0 Å². The maximum atomic E-state index is 8.73. The predicted octanol–water partition coefficient (Wildman–Crippen LogP) is 3.87. The normalized spacial score (nSPS) is 11.4. The average molecular weight is 267 g/mol. The lowest BCUT2D eigenvalue weighted by Gasteiger charge is -2.13. The zero-order chi connectivity index (χ0) is 14.4. The third-order valence-electron chi connectivity index (χ3n) is 2.91. The van der Waals surface area contributed by atoms with Gasteiger partial charge in [-0.2, -0.15) is 5.26 Å². The summed E-state index contributed by atoms with van der Waals surface area (Å²) in [6.07, 6.45) is 2.70. The van der Waals surface area contributed by atoms with Crippen LogP contribution in [0.4, 0.5) is 11.5 Å². The largest absolute Gasteiger partial charge is 0.491 e. The maximum Gasteiger partial charge on any atom is 0.130 e. The van der Waals surface area contributed by atoms with E-state index in [0.29, 0.717) is 11.4 Å². The molecule has 0 saturated carbocycles. The summed E-state index contributed by atoms with van der Waals surface area (Å²) in [6, 6.07) is 13.3. The summed E-state index contributed by atoms with van der Waals surface area (Å²) in [5.74, 6) is 1.53. The fraction of sp³-hybridized carbons (Fsp3) is 0.250. The van der Waals surface area contributed by atoms with Crippen LogP contribution in [-0.4, -0.2) is 11.1 Å². The molecule has 1 atom stereocenters. The number of rotatable bonds is 5. The first-order chi connectivity index (χ1) is 9.71. The second kappa shape index (κ2) is 6.58. The van der Waals surface area contributed by atoms with Gasteiger partial charge in [0.2, 0.25) is 0 Å². The van der Waals surface area contributed by atoms with Gasteiger partial charge in [0.1, 0.15) is 17.6 Å². The van der Waals surface area contributed by atoms with E-state index in [-0.39, 0.29) is 6.10 Å². The first-order valence-corrected chi connectivity index (χ1v) is 6.61. The molecule has 1 heterocycles. The summed E-state index contributed by atoms with van der Waals surface area (Å²) >= 11 is 0. The summed E-state index contributed by atoms with van der Waals surface area (Å²) in [7, 11) is 0. The van der Waals surface area contributed by atoms with Gasteiger partial charge in [-0.25, -0.2) is 4.98 Å². The van der Waals surface area contributed by atoms with Crippen molar-refractivity contribution in [1.82, 2.24) is 4.98 Å². The highest BCUT2D eigenvalue weighted by Crippen LogP contribution is 2.21. The molecule has 0 saturated heterocycles. The molecule has 4 nitrogen and oxygen atoms in total. The Balaban J connectivity index is 2.09. The fourth-order valence-corrected chi connectivity index (χ4v) is 1.64. The summed E-state index contributed by atoms with van der Waals surface area (Å²) in [5, 5.41) is 11.9. The number of pyridine rings is 1. The Labute approximate surface area is 119 Å². The minimum atomic E-state index is 0.193. The van der Waals surface area contributed by atoms with E-state index >= 15 is 0 Å². The molecule has 2 rings (SSSR count). The van der Waals surface area contributed by atoms with Gasteiger partial charge in [0, 0.05) is 18.0 Å². The van der Waals surface area contributed by atoms with Gasteiger partial charge in [0.05, 0.1) is 11.7 Å². The zero-order valence-corrected chi connectivity index (χ0v) is 11.6. The third-order valence-corrected chi connectivity index (χ3v) is 2.91. The van der Waals surface area contributed by atoms with Gasteiger partial charge in [-0.3, -0.25) is 0 Å². The molecule has 0 aliphatic heterocycles. The van der Waals surface area contributed by atoms with Crippen molar-refractivity contribution < 1.29 is 4.74 Å². The van der Waals surface area contributed by atoms with E-state index in [1.54, 1.807) is 18.3 Å². The van der Waals surface area contributed by atoms with Crippen molar-refractivity contribution in [2.75, 3.05) is 5.32 Å². The molecule has 0 radical (unpaired) electrons. The highest BCUT2D eigenvalue weighted by atomic mass is 16.5. The van der Waals surface area contributed by atoms with Crippen molar-refractivity contribution in [1.29, 1.82) is 5.26 Å². The highest BCUT2D eigenvalue weighted by molar-refractivity contribution is 5.58. The fourth-order valence-electron chi connectivity index (χ4n) is 1.64. The van der Waals surface area contributed by atoms with Gasteiger partial charge >= 0.3 is 0 Å². The lowest BCUT2D eigenvalue weighted by atomic mass is 10.2. The molecule has 20 heavy (non-hydrogen) atoms. The molecular weight excluding hydrogens is 250 g/mol. The first-order valence-electron chi connectivity index (χ1n) is 6.61. The van der Waals surface area contributed by atoms with Gasteiger partial charge in [0.25, 0.3) is 0 Å². The number of nitrogens with zero attached hydrogens (tertiary/aromatic N) is 2. The van der Waals surface area contributed by atoms with Crippen molar-refractivity contribution in [2.24, 2.45) is 0 Å². The number of benzene rings is 1. The number of anilines is 2. The molecule has 102 valence electrons. The van der Waals surface area contributed by atoms with Gasteiger partial charge < -0.3 is 10.1 Å². The zero-order valence-electron chi connectivity index (χ0n) is 11.6. The average Bonchev–Trinajstić information content (AvgIpc) is 2.48. The Morgan fingerprint density at radius 3 is 2.85 bits per heavy atom. The molecule has 1 aromatic heterocycles. The first kappa shape index (κ1) is 13.9. The standard InChI is InChI=1S/C16H17N3O/c1-3-12(2)20-15-6-4-5-14(9-15)19-16-8-7-13(10-17)11-18-16/h4-9,11-12H,3H2,1-2H3,(H,18,19). The van der Waals surface area contributed by atoms with Crippen LogP contribution in [0.25, 0.3) is 0 Å². The van der Waals surface area contributed by atoms with Crippen molar-refractivity contribution >= 4 is 11.5 Å². The van der Waals surface area contributed by atoms with Crippen LogP contribution in [-0.2, 0) is 0 Å². The number of nitrogens with one attached hydrogen (secondary N) is 1. The molecule has 1 aromatic carbocycles. The quantitative estimate of drug-likeness (QED) is 0.893. The van der Waals surface area contributed by atoms with Crippen LogP contribution in [0.1, 0.15) is 25.8 Å². The molecule has 0 spiro atoms. The van der Waals surface area contributed by atoms with Gasteiger partial charge in [-0.15, -0.1) is 0 Å². The number of ether oxygens (including phenoxy) is 1. The number of hydrogen-bond donors (Lipinski definition) is 1. The molecule has 2 aromatic rings.